The van der Waals surface area contributed by atoms with E-state index in [4.69, 9.17) is 4.74 Å². The van der Waals surface area contributed by atoms with Crippen molar-refractivity contribution < 1.29 is 9.84 Å². The van der Waals surface area contributed by atoms with E-state index >= 15 is 0 Å². The highest BCUT2D eigenvalue weighted by Crippen LogP contribution is 2.25. The van der Waals surface area contributed by atoms with E-state index in [1.807, 2.05) is 12.1 Å². The van der Waals surface area contributed by atoms with Gasteiger partial charge in [0, 0.05) is 23.1 Å². The molecule has 17 heavy (non-hydrogen) atoms. The second kappa shape index (κ2) is 5.85. The fourth-order valence-electron chi connectivity index (χ4n) is 2.29. The molecule has 1 aromatic carbocycles. The maximum Gasteiger partial charge on any atom is 0.123 e. The highest BCUT2D eigenvalue weighted by atomic mass is 79.9. The van der Waals surface area contributed by atoms with Gasteiger partial charge in [-0.15, -0.1) is 0 Å². The number of ether oxygens (including phenoxy) is 1. The van der Waals surface area contributed by atoms with Crippen molar-refractivity contribution in [2.45, 2.75) is 25.5 Å². The molecule has 4 heteroatoms. The first kappa shape index (κ1) is 12.9. The van der Waals surface area contributed by atoms with Crippen molar-refractivity contribution in [3.63, 3.8) is 0 Å². The number of likely N-dealkylation sites (tertiary alicyclic amines) is 1. The van der Waals surface area contributed by atoms with Crippen molar-refractivity contribution in [3.05, 3.63) is 28.2 Å². The van der Waals surface area contributed by atoms with E-state index in [0.29, 0.717) is 0 Å². The van der Waals surface area contributed by atoms with Gasteiger partial charge in [0.05, 0.1) is 13.2 Å². The summed E-state index contributed by atoms with van der Waals surface area (Å²) in [4.78, 5) is 2.28. The molecule has 0 spiro atoms. The summed E-state index contributed by atoms with van der Waals surface area (Å²) in [5.74, 6) is 0.910. The summed E-state index contributed by atoms with van der Waals surface area (Å²) in [5, 5.41) is 9.66. The Hall–Kier alpha value is -0.580. The van der Waals surface area contributed by atoms with Gasteiger partial charge in [-0.05, 0) is 37.6 Å². The van der Waals surface area contributed by atoms with Crippen LogP contribution in [0.4, 0.5) is 0 Å². The van der Waals surface area contributed by atoms with Gasteiger partial charge in [-0.2, -0.15) is 0 Å². The lowest BCUT2D eigenvalue weighted by atomic mass is 10.1. The summed E-state index contributed by atoms with van der Waals surface area (Å²) in [6.07, 6.45) is 1.81. The van der Waals surface area contributed by atoms with Gasteiger partial charge in [-0.1, -0.05) is 15.9 Å². The standard InChI is InChI=1S/C13H18BrNO2/c1-17-13-5-4-11(14)7-10(13)8-15-6-2-3-12(16)9-15/h4-5,7,12,16H,2-3,6,8-9H2,1H3/t12-/m0/s1. The first-order valence-corrected chi connectivity index (χ1v) is 6.71. The van der Waals surface area contributed by atoms with E-state index in [1.54, 1.807) is 7.11 Å². The van der Waals surface area contributed by atoms with Crippen LogP contribution < -0.4 is 4.74 Å². The average Bonchev–Trinajstić information content (AvgIpc) is 2.29. The highest BCUT2D eigenvalue weighted by Gasteiger charge is 2.18. The third-order valence-electron chi connectivity index (χ3n) is 3.12. The van der Waals surface area contributed by atoms with Crippen LogP contribution in [0.2, 0.25) is 0 Å². The van der Waals surface area contributed by atoms with Gasteiger partial charge >= 0.3 is 0 Å². The topological polar surface area (TPSA) is 32.7 Å². The molecule has 1 aliphatic heterocycles. The maximum absolute atomic E-state index is 9.66. The molecule has 0 amide bonds. The molecule has 1 fully saturated rings. The summed E-state index contributed by atoms with van der Waals surface area (Å²) < 4.78 is 6.42. The van der Waals surface area contributed by atoms with Crippen molar-refractivity contribution in [3.8, 4) is 5.75 Å². The molecule has 1 saturated heterocycles. The lowest BCUT2D eigenvalue weighted by Crippen LogP contribution is -2.37. The monoisotopic (exact) mass is 299 g/mol. The molecule has 1 atom stereocenters. The van der Waals surface area contributed by atoms with Crippen molar-refractivity contribution in [2.75, 3.05) is 20.2 Å². The molecule has 0 bridgehead atoms. The number of methoxy groups -OCH3 is 1. The third kappa shape index (κ3) is 3.44. The lowest BCUT2D eigenvalue weighted by Gasteiger charge is -2.30. The normalized spacial score (nSPS) is 21.5. The van der Waals surface area contributed by atoms with Gasteiger partial charge < -0.3 is 9.84 Å². The van der Waals surface area contributed by atoms with Crippen LogP contribution in [0.15, 0.2) is 22.7 Å². The fraction of sp³-hybridized carbons (Fsp3) is 0.538. The Kier molecular flexibility index (Phi) is 4.42. The van der Waals surface area contributed by atoms with E-state index in [1.165, 1.54) is 0 Å². The van der Waals surface area contributed by atoms with Crippen LogP contribution in [-0.4, -0.2) is 36.3 Å². The molecule has 1 heterocycles. The Labute approximate surface area is 111 Å². The molecule has 2 rings (SSSR count). The zero-order chi connectivity index (χ0) is 12.3. The number of hydrogen-bond donors (Lipinski definition) is 1. The maximum atomic E-state index is 9.66. The average molecular weight is 300 g/mol. The van der Waals surface area contributed by atoms with E-state index in [2.05, 4.69) is 26.9 Å². The molecule has 0 unspecified atom stereocenters. The Bertz CT molecular complexity index is 384. The number of aliphatic hydroxyl groups is 1. The number of nitrogens with zero attached hydrogens (tertiary/aromatic N) is 1. The van der Waals surface area contributed by atoms with Crippen molar-refractivity contribution >= 4 is 15.9 Å². The van der Waals surface area contributed by atoms with Crippen molar-refractivity contribution in [1.82, 2.24) is 4.90 Å². The van der Waals surface area contributed by atoms with E-state index < -0.39 is 0 Å². The lowest BCUT2D eigenvalue weighted by molar-refractivity contribution is 0.0664. The van der Waals surface area contributed by atoms with E-state index in [9.17, 15) is 5.11 Å². The van der Waals surface area contributed by atoms with Gasteiger partial charge in [0.25, 0.3) is 0 Å². The van der Waals surface area contributed by atoms with Crippen LogP contribution >= 0.6 is 15.9 Å². The summed E-state index contributed by atoms with van der Waals surface area (Å²) >= 11 is 3.48. The van der Waals surface area contributed by atoms with E-state index in [0.717, 1.165) is 48.3 Å². The van der Waals surface area contributed by atoms with Crippen LogP contribution in [-0.2, 0) is 6.54 Å². The number of hydrogen-bond acceptors (Lipinski definition) is 3. The quantitative estimate of drug-likeness (QED) is 0.930. The molecule has 0 radical (unpaired) electrons. The number of benzene rings is 1. The number of piperidine rings is 1. The molecule has 0 saturated carbocycles. The first-order chi connectivity index (χ1) is 8.19. The van der Waals surface area contributed by atoms with Gasteiger partial charge in [-0.25, -0.2) is 0 Å². The van der Waals surface area contributed by atoms with Gasteiger partial charge in [0.1, 0.15) is 5.75 Å². The Morgan fingerprint density at radius 3 is 3.06 bits per heavy atom. The minimum absolute atomic E-state index is 0.179. The van der Waals surface area contributed by atoms with Crippen molar-refractivity contribution in [2.24, 2.45) is 0 Å². The van der Waals surface area contributed by atoms with Crippen LogP contribution in [0, 0.1) is 0 Å². The zero-order valence-electron chi connectivity index (χ0n) is 10.0. The predicted octanol–water partition coefficient (Wildman–Crippen LogP) is 2.41. The van der Waals surface area contributed by atoms with Gasteiger partial charge in [-0.3, -0.25) is 4.90 Å². The molecule has 0 aliphatic carbocycles. The van der Waals surface area contributed by atoms with E-state index in [-0.39, 0.29) is 6.10 Å². The van der Waals surface area contributed by atoms with Crippen LogP contribution in [0.5, 0.6) is 5.75 Å². The van der Waals surface area contributed by atoms with Crippen LogP contribution in [0.3, 0.4) is 0 Å². The molecule has 1 N–H and O–H groups in total. The van der Waals surface area contributed by atoms with Crippen LogP contribution in [0.1, 0.15) is 18.4 Å². The fourth-order valence-corrected chi connectivity index (χ4v) is 2.69. The number of β-amino-alcohol motifs (C(OH)–C–C–N with tert-alkyl or cyclic N) is 1. The zero-order valence-corrected chi connectivity index (χ0v) is 11.6. The largest absolute Gasteiger partial charge is 0.496 e. The molecule has 3 nitrogen and oxygen atoms in total. The smallest absolute Gasteiger partial charge is 0.123 e. The van der Waals surface area contributed by atoms with Gasteiger partial charge in [0.15, 0.2) is 0 Å². The molecule has 0 aromatic heterocycles. The summed E-state index contributed by atoms with van der Waals surface area (Å²) in [5.41, 5.74) is 1.16. The first-order valence-electron chi connectivity index (χ1n) is 5.92. The third-order valence-corrected chi connectivity index (χ3v) is 3.61. The second-order valence-corrected chi connectivity index (χ2v) is 5.40. The number of aliphatic hydroxyl groups excluding tert-OH is 1. The predicted molar refractivity (Wildman–Crippen MR) is 71.2 cm³/mol. The molecule has 94 valence electrons. The second-order valence-electron chi connectivity index (χ2n) is 4.49. The Balaban J connectivity index is 2.08. The SMILES string of the molecule is COc1ccc(Br)cc1CN1CCC[C@H](O)C1. The minimum atomic E-state index is -0.179. The van der Waals surface area contributed by atoms with Gasteiger partial charge in [0.2, 0.25) is 0 Å². The molecule has 1 aliphatic rings. The summed E-state index contributed by atoms with van der Waals surface area (Å²) in [6.45, 7) is 2.64. The van der Waals surface area contributed by atoms with Crippen molar-refractivity contribution in [1.29, 1.82) is 0 Å². The summed E-state index contributed by atoms with van der Waals surface area (Å²) in [7, 11) is 1.69. The summed E-state index contributed by atoms with van der Waals surface area (Å²) in [6, 6.07) is 6.03. The molecular formula is C13H18BrNO2. The minimum Gasteiger partial charge on any atom is -0.496 e. The number of rotatable bonds is 3. The molecular weight excluding hydrogens is 282 g/mol. The Morgan fingerprint density at radius 2 is 2.35 bits per heavy atom. The Morgan fingerprint density at radius 1 is 1.53 bits per heavy atom. The number of halogens is 1. The van der Waals surface area contributed by atoms with Crippen LogP contribution in [0.25, 0.3) is 0 Å². The molecule has 1 aromatic rings. The highest BCUT2D eigenvalue weighted by molar-refractivity contribution is 9.10.